The van der Waals surface area contributed by atoms with Crippen molar-refractivity contribution in [1.82, 2.24) is 5.32 Å². The van der Waals surface area contributed by atoms with E-state index in [0.29, 0.717) is 24.0 Å². The van der Waals surface area contributed by atoms with Crippen LogP contribution >= 0.6 is 0 Å². The molecule has 0 radical (unpaired) electrons. The summed E-state index contributed by atoms with van der Waals surface area (Å²) in [5, 5.41) is 22.0. The maximum atomic E-state index is 9.24. The van der Waals surface area contributed by atoms with Crippen LogP contribution in [0.2, 0.25) is 0 Å². The second kappa shape index (κ2) is 8.50. The normalized spacial score (nSPS) is 21.4. The molecule has 3 nitrogen and oxygen atoms in total. The average molecular weight is 297 g/mol. The van der Waals surface area contributed by atoms with Crippen molar-refractivity contribution in [3.63, 3.8) is 0 Å². The van der Waals surface area contributed by atoms with Crippen LogP contribution in [0.25, 0.3) is 0 Å². The zero-order chi connectivity index (χ0) is 15.0. The Morgan fingerprint density at radius 2 is 1.05 bits per heavy atom. The number of aliphatic hydroxyl groups excluding tert-OH is 2. The molecule has 0 spiro atoms. The molecule has 2 aliphatic rings. The topological polar surface area (TPSA) is 52.5 Å². The van der Waals surface area contributed by atoms with Crippen LogP contribution in [0, 0.1) is 10.8 Å². The molecule has 0 atom stereocenters. The lowest BCUT2D eigenvalue weighted by atomic mass is 9.99. The predicted octanol–water partition coefficient (Wildman–Crippen LogP) is 3.24. The highest BCUT2D eigenvalue weighted by Crippen LogP contribution is 2.49. The number of hydrogen-bond donors (Lipinski definition) is 3. The van der Waals surface area contributed by atoms with E-state index < -0.39 is 0 Å². The zero-order valence-electron chi connectivity index (χ0n) is 13.7. The molecule has 0 aromatic rings. The van der Waals surface area contributed by atoms with E-state index in [-0.39, 0.29) is 0 Å². The van der Waals surface area contributed by atoms with E-state index in [4.69, 9.17) is 0 Å². The maximum absolute atomic E-state index is 9.24. The first-order valence-corrected chi connectivity index (χ1v) is 9.17. The first-order chi connectivity index (χ1) is 10.2. The SMILES string of the molecule is OCC1(CCCCCNCCCCCC2(CO)CC2)CC1. The minimum Gasteiger partial charge on any atom is -0.396 e. The monoisotopic (exact) mass is 297 g/mol. The van der Waals surface area contributed by atoms with Crippen LogP contribution in [0.1, 0.15) is 77.0 Å². The molecule has 0 amide bonds. The third-order valence-electron chi connectivity index (χ3n) is 5.71. The van der Waals surface area contributed by atoms with Crippen molar-refractivity contribution in [3.05, 3.63) is 0 Å². The Morgan fingerprint density at radius 3 is 1.38 bits per heavy atom. The van der Waals surface area contributed by atoms with Crippen LogP contribution in [-0.4, -0.2) is 36.5 Å². The summed E-state index contributed by atoms with van der Waals surface area (Å²) in [5.41, 5.74) is 0.696. The lowest BCUT2D eigenvalue weighted by Gasteiger charge is -2.11. The fraction of sp³-hybridized carbons (Fsp3) is 1.00. The van der Waals surface area contributed by atoms with Gasteiger partial charge < -0.3 is 15.5 Å². The zero-order valence-corrected chi connectivity index (χ0v) is 13.7. The standard InChI is InChI=1S/C18H35NO2/c20-15-17(9-10-17)7-3-1-5-13-19-14-6-2-4-8-18(16-21)11-12-18/h19-21H,1-16H2. The molecule has 3 heteroatoms. The molecule has 2 rings (SSSR count). The van der Waals surface area contributed by atoms with Crippen LogP contribution in [-0.2, 0) is 0 Å². The summed E-state index contributed by atoms with van der Waals surface area (Å²) in [6, 6.07) is 0. The highest BCUT2D eigenvalue weighted by Gasteiger charge is 2.41. The van der Waals surface area contributed by atoms with E-state index in [0.717, 1.165) is 13.1 Å². The Labute approximate surface area is 130 Å². The molecule has 0 bridgehead atoms. The van der Waals surface area contributed by atoms with Gasteiger partial charge in [0.1, 0.15) is 0 Å². The van der Waals surface area contributed by atoms with Crippen molar-refractivity contribution in [1.29, 1.82) is 0 Å². The van der Waals surface area contributed by atoms with Crippen molar-refractivity contribution in [2.75, 3.05) is 26.3 Å². The Morgan fingerprint density at radius 1 is 0.619 bits per heavy atom. The Balaban J connectivity index is 1.28. The number of unbranched alkanes of at least 4 members (excludes halogenated alkanes) is 4. The molecule has 0 aromatic heterocycles. The summed E-state index contributed by atoms with van der Waals surface area (Å²) < 4.78 is 0. The van der Waals surface area contributed by atoms with Crippen LogP contribution in [0.15, 0.2) is 0 Å². The van der Waals surface area contributed by atoms with Gasteiger partial charge in [0.25, 0.3) is 0 Å². The summed E-state index contributed by atoms with van der Waals surface area (Å²) in [5.74, 6) is 0. The first kappa shape index (κ1) is 17.2. The maximum Gasteiger partial charge on any atom is 0.0487 e. The smallest absolute Gasteiger partial charge is 0.0487 e. The molecule has 2 aliphatic carbocycles. The Bertz CT molecular complexity index is 257. The molecule has 3 N–H and O–H groups in total. The van der Waals surface area contributed by atoms with E-state index in [1.807, 2.05) is 0 Å². The highest BCUT2D eigenvalue weighted by molar-refractivity contribution is 4.92. The van der Waals surface area contributed by atoms with Gasteiger partial charge in [0.15, 0.2) is 0 Å². The molecule has 0 heterocycles. The predicted molar refractivity (Wildman–Crippen MR) is 87.3 cm³/mol. The van der Waals surface area contributed by atoms with Crippen molar-refractivity contribution >= 4 is 0 Å². The molecule has 0 aliphatic heterocycles. The lowest BCUT2D eigenvalue weighted by Crippen LogP contribution is -2.17. The number of aliphatic hydroxyl groups is 2. The van der Waals surface area contributed by atoms with Gasteiger partial charge >= 0.3 is 0 Å². The van der Waals surface area contributed by atoms with Gasteiger partial charge in [0.05, 0.1) is 0 Å². The van der Waals surface area contributed by atoms with E-state index in [1.54, 1.807) is 0 Å². The second-order valence-electron chi connectivity index (χ2n) is 7.69. The van der Waals surface area contributed by atoms with Gasteiger partial charge in [0.2, 0.25) is 0 Å². The largest absolute Gasteiger partial charge is 0.396 e. The van der Waals surface area contributed by atoms with E-state index >= 15 is 0 Å². The van der Waals surface area contributed by atoms with Crippen molar-refractivity contribution in [2.24, 2.45) is 10.8 Å². The molecule has 2 fully saturated rings. The number of rotatable bonds is 14. The lowest BCUT2D eigenvalue weighted by molar-refractivity contribution is 0.199. The fourth-order valence-electron chi connectivity index (χ4n) is 3.31. The van der Waals surface area contributed by atoms with Crippen molar-refractivity contribution < 1.29 is 10.2 Å². The van der Waals surface area contributed by atoms with E-state index in [9.17, 15) is 10.2 Å². The molecule has 0 saturated heterocycles. The molecular formula is C18H35NO2. The summed E-state index contributed by atoms with van der Waals surface area (Å²) >= 11 is 0. The Hall–Kier alpha value is -0.120. The third-order valence-corrected chi connectivity index (χ3v) is 5.71. The second-order valence-corrected chi connectivity index (χ2v) is 7.69. The van der Waals surface area contributed by atoms with Gasteiger partial charge in [-0.3, -0.25) is 0 Å². The molecular weight excluding hydrogens is 262 g/mol. The van der Waals surface area contributed by atoms with Crippen LogP contribution in [0.5, 0.6) is 0 Å². The number of nitrogens with one attached hydrogen (secondary N) is 1. The Kier molecular flexibility index (Phi) is 6.97. The summed E-state index contributed by atoms with van der Waals surface area (Å²) in [6.45, 7) is 3.10. The fourth-order valence-corrected chi connectivity index (χ4v) is 3.31. The summed E-state index contributed by atoms with van der Waals surface area (Å²) in [6.07, 6.45) is 15.2. The van der Waals surface area contributed by atoms with Gasteiger partial charge in [-0.05, 0) is 75.3 Å². The van der Waals surface area contributed by atoms with Gasteiger partial charge in [-0.15, -0.1) is 0 Å². The molecule has 124 valence electrons. The molecule has 0 aromatic carbocycles. The average Bonchev–Trinajstić information content (AvgIpc) is 3.41. The summed E-state index contributed by atoms with van der Waals surface area (Å²) in [4.78, 5) is 0. The summed E-state index contributed by atoms with van der Waals surface area (Å²) in [7, 11) is 0. The van der Waals surface area contributed by atoms with Gasteiger partial charge in [-0.25, -0.2) is 0 Å². The minimum absolute atomic E-state index is 0.348. The van der Waals surface area contributed by atoms with E-state index in [2.05, 4.69) is 5.32 Å². The van der Waals surface area contributed by atoms with Crippen LogP contribution < -0.4 is 5.32 Å². The quantitative estimate of drug-likeness (QED) is 0.431. The van der Waals surface area contributed by atoms with Crippen LogP contribution in [0.3, 0.4) is 0 Å². The van der Waals surface area contributed by atoms with Crippen molar-refractivity contribution in [2.45, 2.75) is 77.0 Å². The van der Waals surface area contributed by atoms with E-state index in [1.165, 1.54) is 77.0 Å². The van der Waals surface area contributed by atoms with Gasteiger partial charge in [-0.1, -0.05) is 25.7 Å². The third kappa shape index (κ3) is 6.25. The van der Waals surface area contributed by atoms with Crippen LogP contribution in [0.4, 0.5) is 0 Å². The molecule has 21 heavy (non-hydrogen) atoms. The van der Waals surface area contributed by atoms with Crippen molar-refractivity contribution in [3.8, 4) is 0 Å². The highest BCUT2D eigenvalue weighted by atomic mass is 16.3. The number of hydrogen-bond acceptors (Lipinski definition) is 3. The molecule has 2 saturated carbocycles. The first-order valence-electron chi connectivity index (χ1n) is 9.17. The van der Waals surface area contributed by atoms with Gasteiger partial charge in [0, 0.05) is 13.2 Å². The van der Waals surface area contributed by atoms with Gasteiger partial charge in [-0.2, -0.15) is 0 Å². The minimum atomic E-state index is 0.348. The molecule has 0 unspecified atom stereocenters.